The molecule has 2 aromatic rings. The van der Waals surface area contributed by atoms with Crippen LogP contribution in [0.25, 0.3) is 10.9 Å². The summed E-state index contributed by atoms with van der Waals surface area (Å²) in [5, 5.41) is 23.2. The van der Waals surface area contributed by atoms with E-state index in [-0.39, 0.29) is 30.9 Å². The number of hydrogen-bond donors (Lipinski definition) is 2. The highest BCUT2D eigenvalue weighted by Crippen LogP contribution is 2.21. The Morgan fingerprint density at radius 1 is 1.33 bits per heavy atom. The van der Waals surface area contributed by atoms with Crippen LogP contribution in [0.5, 0.6) is 0 Å². The van der Waals surface area contributed by atoms with Crippen molar-refractivity contribution in [1.82, 2.24) is 9.88 Å². The Balaban J connectivity index is 2.02. The Morgan fingerprint density at radius 3 is 2.63 bits per heavy atom. The number of rotatable bonds is 8. The number of benzene rings is 1. The summed E-state index contributed by atoms with van der Waals surface area (Å²) in [5.41, 5.74) is 0.230. The fourth-order valence-corrected chi connectivity index (χ4v) is 2.57. The molecule has 0 bridgehead atoms. The van der Waals surface area contributed by atoms with E-state index in [2.05, 4.69) is 5.32 Å². The molecule has 146 valence electrons. The first-order chi connectivity index (χ1) is 12.6. The van der Waals surface area contributed by atoms with E-state index >= 15 is 0 Å². The van der Waals surface area contributed by atoms with Gasteiger partial charge in [0.1, 0.15) is 12.6 Å². The quantitative estimate of drug-likeness (QED) is 0.537. The fraction of sp³-hybridized carbons (Fsp3) is 0.444. The number of carbonyl (C=O) groups is 2. The zero-order valence-corrected chi connectivity index (χ0v) is 15.5. The molecule has 0 spiro atoms. The van der Waals surface area contributed by atoms with Gasteiger partial charge in [0.05, 0.1) is 10.5 Å². The maximum Gasteiger partial charge on any atom is 0.326 e. The third kappa shape index (κ3) is 5.78. The molecule has 1 heterocycles. The minimum Gasteiger partial charge on any atom is -0.480 e. The van der Waals surface area contributed by atoms with Crippen molar-refractivity contribution >= 4 is 28.5 Å². The summed E-state index contributed by atoms with van der Waals surface area (Å²) in [5.74, 6) is -1.59. The van der Waals surface area contributed by atoms with Crippen LogP contribution in [0, 0.1) is 10.1 Å². The Kier molecular flexibility index (Phi) is 6.17. The molecule has 2 N–H and O–H groups in total. The smallest absolute Gasteiger partial charge is 0.326 e. The number of nitro groups is 1. The number of aliphatic carboxylic acids is 1. The van der Waals surface area contributed by atoms with Gasteiger partial charge in [-0.25, -0.2) is 4.79 Å². The number of nitrogens with zero attached hydrogens (tertiary/aromatic N) is 2. The predicted octanol–water partition coefficient (Wildman–Crippen LogP) is 2.32. The minimum atomic E-state index is -1.13. The van der Waals surface area contributed by atoms with E-state index in [1.807, 2.05) is 20.8 Å². The Hall–Kier alpha value is -2.94. The van der Waals surface area contributed by atoms with Crippen molar-refractivity contribution in [3.63, 3.8) is 0 Å². The average Bonchev–Trinajstić information content (AvgIpc) is 2.94. The zero-order chi connectivity index (χ0) is 20.2. The molecule has 27 heavy (non-hydrogen) atoms. The Bertz CT molecular complexity index is 852. The number of hydrogen-bond acceptors (Lipinski definition) is 5. The zero-order valence-electron chi connectivity index (χ0n) is 15.5. The number of nitrogens with one attached hydrogen (secondary N) is 1. The highest BCUT2D eigenvalue weighted by atomic mass is 16.6. The summed E-state index contributed by atoms with van der Waals surface area (Å²) >= 11 is 0. The highest BCUT2D eigenvalue weighted by Gasteiger charge is 2.21. The van der Waals surface area contributed by atoms with Crippen LogP contribution in [-0.4, -0.2) is 44.7 Å². The van der Waals surface area contributed by atoms with Crippen molar-refractivity contribution in [2.75, 3.05) is 6.61 Å². The van der Waals surface area contributed by atoms with Gasteiger partial charge in [-0.3, -0.25) is 14.9 Å². The number of aromatic nitrogens is 1. The third-order valence-electron chi connectivity index (χ3n) is 3.85. The predicted molar refractivity (Wildman–Crippen MR) is 98.5 cm³/mol. The van der Waals surface area contributed by atoms with Crippen LogP contribution in [0.2, 0.25) is 0 Å². The van der Waals surface area contributed by atoms with Crippen molar-refractivity contribution in [2.24, 2.45) is 0 Å². The molecule has 9 nitrogen and oxygen atoms in total. The van der Waals surface area contributed by atoms with Gasteiger partial charge in [-0.2, -0.15) is 0 Å². The summed E-state index contributed by atoms with van der Waals surface area (Å²) in [6, 6.07) is 4.96. The average molecular weight is 377 g/mol. The second-order valence-corrected chi connectivity index (χ2v) is 7.15. The van der Waals surface area contributed by atoms with Gasteiger partial charge in [-0.1, -0.05) is 0 Å². The van der Waals surface area contributed by atoms with E-state index in [1.165, 1.54) is 12.1 Å². The molecule has 1 aromatic heterocycles. The molecule has 9 heteroatoms. The SMILES string of the molecule is CC(C)(C)OCCC(NC(=O)Cn1ccc2cc([N+](=O)[O-])ccc21)C(=O)O. The van der Waals surface area contributed by atoms with Crippen molar-refractivity contribution < 1.29 is 24.4 Å². The van der Waals surface area contributed by atoms with E-state index in [0.29, 0.717) is 10.9 Å². The molecule has 1 atom stereocenters. The lowest BCUT2D eigenvalue weighted by Crippen LogP contribution is -2.43. The Morgan fingerprint density at radius 2 is 2.04 bits per heavy atom. The normalized spacial score (nSPS) is 12.7. The third-order valence-corrected chi connectivity index (χ3v) is 3.85. The monoisotopic (exact) mass is 377 g/mol. The van der Waals surface area contributed by atoms with Gasteiger partial charge in [0, 0.05) is 42.3 Å². The van der Waals surface area contributed by atoms with Gasteiger partial charge >= 0.3 is 5.97 Å². The van der Waals surface area contributed by atoms with Gasteiger partial charge in [0.25, 0.3) is 5.69 Å². The summed E-state index contributed by atoms with van der Waals surface area (Å²) in [7, 11) is 0. The topological polar surface area (TPSA) is 124 Å². The molecular formula is C18H23N3O6. The van der Waals surface area contributed by atoms with Crippen molar-refractivity contribution in [1.29, 1.82) is 0 Å². The molecule has 1 aromatic carbocycles. The summed E-state index contributed by atoms with van der Waals surface area (Å²) < 4.78 is 7.12. The van der Waals surface area contributed by atoms with E-state index in [4.69, 9.17) is 4.74 Å². The number of nitro benzene ring substituents is 1. The first kappa shape index (κ1) is 20.4. The molecule has 0 aliphatic heterocycles. The van der Waals surface area contributed by atoms with Crippen LogP contribution < -0.4 is 5.32 Å². The lowest BCUT2D eigenvalue weighted by Gasteiger charge is -2.21. The van der Waals surface area contributed by atoms with Gasteiger partial charge in [0.15, 0.2) is 0 Å². The maximum absolute atomic E-state index is 12.3. The summed E-state index contributed by atoms with van der Waals surface area (Å²) in [6.45, 7) is 5.70. The van der Waals surface area contributed by atoms with Gasteiger partial charge < -0.3 is 19.7 Å². The van der Waals surface area contributed by atoms with E-state index in [0.717, 1.165) is 0 Å². The molecule has 0 saturated carbocycles. The van der Waals surface area contributed by atoms with Crippen molar-refractivity contribution in [3.05, 3.63) is 40.6 Å². The van der Waals surface area contributed by atoms with Gasteiger partial charge in [0.2, 0.25) is 5.91 Å². The van der Waals surface area contributed by atoms with Crippen LogP contribution in [-0.2, 0) is 20.9 Å². The highest BCUT2D eigenvalue weighted by molar-refractivity contribution is 5.86. The number of carboxylic acids is 1. The van der Waals surface area contributed by atoms with Crippen LogP contribution in [0.3, 0.4) is 0 Å². The van der Waals surface area contributed by atoms with E-state index in [1.54, 1.807) is 22.9 Å². The maximum atomic E-state index is 12.3. The molecule has 0 saturated heterocycles. The fourth-order valence-electron chi connectivity index (χ4n) is 2.57. The molecule has 0 fully saturated rings. The lowest BCUT2D eigenvalue weighted by atomic mass is 10.1. The minimum absolute atomic E-state index is 0.0329. The van der Waals surface area contributed by atoms with Gasteiger partial charge in [-0.05, 0) is 32.9 Å². The number of non-ortho nitro benzene ring substituents is 1. The number of carbonyl (C=O) groups excluding carboxylic acids is 1. The second kappa shape index (κ2) is 8.17. The number of fused-ring (bicyclic) bond motifs is 1. The largest absolute Gasteiger partial charge is 0.480 e. The number of carboxylic acid groups (broad SMARTS) is 1. The second-order valence-electron chi connectivity index (χ2n) is 7.15. The van der Waals surface area contributed by atoms with Crippen molar-refractivity contribution in [2.45, 2.75) is 45.4 Å². The Labute approximate surface area is 156 Å². The molecule has 0 aliphatic rings. The molecule has 0 radical (unpaired) electrons. The van der Waals surface area contributed by atoms with Crippen LogP contribution in [0.1, 0.15) is 27.2 Å². The lowest BCUT2D eigenvalue weighted by molar-refractivity contribution is -0.384. The van der Waals surface area contributed by atoms with Crippen LogP contribution in [0.15, 0.2) is 30.5 Å². The molecule has 1 amide bonds. The number of ether oxygens (including phenoxy) is 1. The molecule has 1 unspecified atom stereocenters. The van der Waals surface area contributed by atoms with Crippen molar-refractivity contribution in [3.8, 4) is 0 Å². The van der Waals surface area contributed by atoms with E-state index in [9.17, 15) is 24.8 Å². The van der Waals surface area contributed by atoms with Crippen LogP contribution >= 0.6 is 0 Å². The molecule has 0 aliphatic carbocycles. The summed E-state index contributed by atoms with van der Waals surface area (Å²) in [6.07, 6.45) is 1.78. The standard InChI is InChI=1S/C18H23N3O6/c1-18(2,3)27-9-7-14(17(23)24)19-16(22)11-20-8-6-12-10-13(21(25)26)4-5-15(12)20/h4-6,8,10,14H,7,9,11H2,1-3H3,(H,19,22)(H,23,24). The van der Waals surface area contributed by atoms with Gasteiger partial charge in [-0.15, -0.1) is 0 Å². The number of amides is 1. The molecular weight excluding hydrogens is 354 g/mol. The van der Waals surface area contributed by atoms with Crippen LogP contribution in [0.4, 0.5) is 5.69 Å². The first-order valence-electron chi connectivity index (χ1n) is 8.46. The van der Waals surface area contributed by atoms with E-state index < -0.39 is 22.8 Å². The molecule has 2 rings (SSSR count). The first-order valence-corrected chi connectivity index (χ1v) is 8.46. The summed E-state index contributed by atoms with van der Waals surface area (Å²) in [4.78, 5) is 34.0.